The van der Waals surface area contributed by atoms with Crippen LogP contribution < -0.4 is 4.74 Å². The fourth-order valence-electron chi connectivity index (χ4n) is 2.90. The molecule has 7 heteroatoms. The predicted octanol–water partition coefficient (Wildman–Crippen LogP) is 5.53. The molecule has 4 nitrogen and oxygen atoms in total. The first kappa shape index (κ1) is 20.9. The summed E-state index contributed by atoms with van der Waals surface area (Å²) < 4.78 is 39.6. The minimum atomic E-state index is -0.666. The van der Waals surface area contributed by atoms with E-state index in [4.69, 9.17) is 21.1 Å². The molecule has 0 amide bonds. The highest BCUT2D eigenvalue weighted by molar-refractivity contribution is 6.30. The van der Waals surface area contributed by atoms with Crippen LogP contribution in [0.1, 0.15) is 34.1 Å². The van der Waals surface area contributed by atoms with Gasteiger partial charge in [0.25, 0.3) is 0 Å². The summed E-state index contributed by atoms with van der Waals surface area (Å²) in [5, 5.41) is 0.524. The number of esters is 1. The number of hydrogen-bond acceptors (Lipinski definition) is 3. The van der Waals surface area contributed by atoms with Gasteiger partial charge in [0.05, 0.1) is 18.7 Å². The fraction of sp³-hybridized carbons (Fsp3) is 0.227. The van der Waals surface area contributed by atoms with Gasteiger partial charge in [-0.05, 0) is 50.2 Å². The van der Waals surface area contributed by atoms with Crippen LogP contribution in [0.15, 0.2) is 48.7 Å². The molecule has 1 heterocycles. The van der Waals surface area contributed by atoms with Crippen molar-refractivity contribution in [3.8, 4) is 5.75 Å². The third-order valence-electron chi connectivity index (χ3n) is 4.38. The van der Waals surface area contributed by atoms with E-state index in [1.54, 1.807) is 37.4 Å². The molecule has 0 spiro atoms. The van der Waals surface area contributed by atoms with Crippen LogP contribution in [0.4, 0.5) is 8.78 Å². The highest BCUT2D eigenvalue weighted by atomic mass is 35.5. The number of ether oxygens (including phenoxy) is 2. The minimum Gasteiger partial charge on any atom is -0.488 e. The molecule has 1 aromatic heterocycles. The monoisotopic (exact) mass is 419 g/mol. The van der Waals surface area contributed by atoms with Gasteiger partial charge in [-0.2, -0.15) is 0 Å². The maximum absolute atomic E-state index is 13.9. The lowest BCUT2D eigenvalue weighted by Crippen LogP contribution is -2.06. The van der Waals surface area contributed by atoms with Gasteiger partial charge in [-0.3, -0.25) is 0 Å². The van der Waals surface area contributed by atoms with Crippen LogP contribution in [0.2, 0.25) is 5.02 Å². The third-order valence-corrected chi connectivity index (χ3v) is 4.62. The molecule has 3 rings (SSSR count). The maximum atomic E-state index is 13.9. The SMILES string of the molecule is CCOC(=O)c1cc(C)n(Cc2cc(Cl)ccc2OCc2ccc(F)cc2F)c1. The van der Waals surface area contributed by atoms with Gasteiger partial charge in [-0.15, -0.1) is 0 Å². The van der Waals surface area contributed by atoms with Crippen LogP contribution in [0.3, 0.4) is 0 Å². The van der Waals surface area contributed by atoms with Crippen molar-refractivity contribution in [2.24, 2.45) is 0 Å². The summed E-state index contributed by atoms with van der Waals surface area (Å²) in [5.41, 5.74) is 2.33. The van der Waals surface area contributed by atoms with Crippen LogP contribution in [0.5, 0.6) is 5.75 Å². The van der Waals surface area contributed by atoms with Crippen molar-refractivity contribution in [2.75, 3.05) is 6.61 Å². The Labute approximate surface area is 172 Å². The van der Waals surface area contributed by atoms with Gasteiger partial charge >= 0.3 is 5.97 Å². The number of aromatic nitrogens is 1. The van der Waals surface area contributed by atoms with E-state index in [0.717, 1.165) is 17.3 Å². The van der Waals surface area contributed by atoms with Gasteiger partial charge < -0.3 is 14.0 Å². The maximum Gasteiger partial charge on any atom is 0.339 e. The van der Waals surface area contributed by atoms with Crippen LogP contribution >= 0.6 is 11.6 Å². The molecule has 29 heavy (non-hydrogen) atoms. The molecule has 0 N–H and O–H groups in total. The van der Waals surface area contributed by atoms with Gasteiger partial charge in [0.15, 0.2) is 0 Å². The van der Waals surface area contributed by atoms with E-state index in [1.807, 2.05) is 11.5 Å². The van der Waals surface area contributed by atoms with Crippen LogP contribution in [0, 0.1) is 18.6 Å². The summed E-state index contributed by atoms with van der Waals surface area (Å²) in [6.07, 6.45) is 1.71. The molecule has 0 fully saturated rings. The standard InChI is InChI=1S/C22H20ClF2NO3/c1-3-28-22(27)17-8-14(2)26(12-17)11-16-9-18(23)5-7-21(16)29-13-15-4-6-19(24)10-20(15)25/h4-10,12H,3,11,13H2,1-2H3. The van der Waals surface area contributed by atoms with Crippen molar-refractivity contribution in [2.45, 2.75) is 27.0 Å². The van der Waals surface area contributed by atoms with Gasteiger partial charge in [0, 0.05) is 34.1 Å². The Morgan fingerprint density at radius 1 is 1.10 bits per heavy atom. The molecule has 0 aliphatic heterocycles. The van der Waals surface area contributed by atoms with Crippen LogP contribution in [0.25, 0.3) is 0 Å². The van der Waals surface area contributed by atoms with E-state index in [9.17, 15) is 13.6 Å². The molecule has 0 radical (unpaired) electrons. The zero-order valence-electron chi connectivity index (χ0n) is 16.0. The summed E-state index contributed by atoms with van der Waals surface area (Å²) in [6.45, 7) is 4.27. The molecule has 152 valence electrons. The predicted molar refractivity (Wildman–Crippen MR) is 106 cm³/mol. The first-order valence-corrected chi connectivity index (χ1v) is 9.44. The largest absolute Gasteiger partial charge is 0.488 e. The summed E-state index contributed by atoms with van der Waals surface area (Å²) >= 11 is 6.14. The van der Waals surface area contributed by atoms with E-state index >= 15 is 0 Å². The smallest absolute Gasteiger partial charge is 0.339 e. The number of nitrogens with zero attached hydrogens (tertiary/aromatic N) is 1. The second kappa shape index (κ2) is 9.09. The Kier molecular flexibility index (Phi) is 6.54. The Balaban J connectivity index is 1.81. The number of benzene rings is 2. The second-order valence-corrected chi connectivity index (χ2v) is 6.93. The Morgan fingerprint density at radius 3 is 2.62 bits per heavy atom. The molecule has 0 aliphatic carbocycles. The van der Waals surface area contributed by atoms with E-state index in [-0.39, 0.29) is 18.1 Å². The molecular formula is C22H20ClF2NO3. The number of carbonyl (C=O) groups excluding carboxylic acids is 1. The van der Waals surface area contributed by atoms with Gasteiger partial charge in [0.2, 0.25) is 0 Å². The summed E-state index contributed by atoms with van der Waals surface area (Å²) in [4.78, 5) is 12.0. The van der Waals surface area contributed by atoms with Crippen molar-refractivity contribution in [3.05, 3.63) is 87.7 Å². The zero-order chi connectivity index (χ0) is 21.0. The quantitative estimate of drug-likeness (QED) is 0.472. The number of aryl methyl sites for hydroxylation is 1. The topological polar surface area (TPSA) is 40.5 Å². The third kappa shape index (κ3) is 5.15. The van der Waals surface area contributed by atoms with Crippen molar-refractivity contribution in [1.29, 1.82) is 0 Å². The van der Waals surface area contributed by atoms with Crippen molar-refractivity contribution < 1.29 is 23.0 Å². The molecule has 0 atom stereocenters. The second-order valence-electron chi connectivity index (χ2n) is 6.49. The molecule has 3 aromatic rings. The lowest BCUT2D eigenvalue weighted by Gasteiger charge is -2.14. The van der Waals surface area contributed by atoms with E-state index in [1.165, 1.54) is 12.1 Å². The number of halogens is 3. The van der Waals surface area contributed by atoms with Crippen molar-refractivity contribution >= 4 is 17.6 Å². The average Bonchev–Trinajstić information content (AvgIpc) is 3.03. The molecule has 0 bridgehead atoms. The average molecular weight is 420 g/mol. The Bertz CT molecular complexity index is 1030. The Morgan fingerprint density at radius 2 is 1.90 bits per heavy atom. The normalized spacial score (nSPS) is 10.8. The summed E-state index contributed by atoms with van der Waals surface area (Å²) in [5.74, 6) is -1.17. The fourth-order valence-corrected chi connectivity index (χ4v) is 3.10. The molecule has 2 aromatic carbocycles. The van der Waals surface area contributed by atoms with Crippen molar-refractivity contribution in [1.82, 2.24) is 4.57 Å². The van der Waals surface area contributed by atoms with E-state index in [0.29, 0.717) is 29.5 Å². The Hall–Kier alpha value is -2.86. The highest BCUT2D eigenvalue weighted by Gasteiger charge is 2.14. The molecule has 0 unspecified atom stereocenters. The first-order valence-electron chi connectivity index (χ1n) is 9.06. The number of rotatable bonds is 7. The zero-order valence-corrected chi connectivity index (χ0v) is 16.8. The van der Waals surface area contributed by atoms with Gasteiger partial charge in [-0.1, -0.05) is 11.6 Å². The molecule has 0 aliphatic rings. The summed E-state index contributed by atoms with van der Waals surface area (Å²) in [7, 11) is 0. The lowest BCUT2D eigenvalue weighted by atomic mass is 10.2. The van der Waals surface area contributed by atoms with Gasteiger partial charge in [-0.25, -0.2) is 13.6 Å². The van der Waals surface area contributed by atoms with Crippen molar-refractivity contribution in [3.63, 3.8) is 0 Å². The first-order chi connectivity index (χ1) is 13.9. The van der Waals surface area contributed by atoms with Gasteiger partial charge in [0.1, 0.15) is 24.0 Å². The molecule has 0 saturated carbocycles. The van der Waals surface area contributed by atoms with E-state index < -0.39 is 11.6 Å². The lowest BCUT2D eigenvalue weighted by molar-refractivity contribution is 0.0526. The highest BCUT2D eigenvalue weighted by Crippen LogP contribution is 2.26. The summed E-state index contributed by atoms with van der Waals surface area (Å²) in [6, 6.07) is 10.2. The number of hydrogen-bond donors (Lipinski definition) is 0. The molecule has 0 saturated heterocycles. The van der Waals surface area contributed by atoms with Crippen LogP contribution in [-0.4, -0.2) is 17.1 Å². The molecular weight excluding hydrogens is 400 g/mol. The van der Waals surface area contributed by atoms with E-state index in [2.05, 4.69) is 0 Å². The van der Waals surface area contributed by atoms with Crippen LogP contribution in [-0.2, 0) is 17.9 Å². The number of carbonyl (C=O) groups is 1. The minimum absolute atomic E-state index is 0.0561.